The number of pyridine rings is 1. The molecule has 39 heavy (non-hydrogen) atoms. The number of nitrogens with zero attached hydrogens (tertiary/aromatic N) is 3. The Hall–Kier alpha value is -3.19. The molecule has 0 radical (unpaired) electrons. The predicted molar refractivity (Wildman–Crippen MR) is 131 cm³/mol. The Morgan fingerprint density at radius 2 is 1.87 bits per heavy atom. The van der Waals surface area contributed by atoms with Crippen LogP contribution in [0.5, 0.6) is 5.88 Å². The van der Waals surface area contributed by atoms with E-state index >= 15 is 0 Å². The maximum Gasteiger partial charge on any atom is 0.298 e. The van der Waals surface area contributed by atoms with E-state index in [0.717, 1.165) is 19.0 Å². The number of alkyl halides is 2. The van der Waals surface area contributed by atoms with Crippen LogP contribution >= 0.6 is 0 Å². The van der Waals surface area contributed by atoms with Crippen LogP contribution in [0.3, 0.4) is 0 Å². The van der Waals surface area contributed by atoms with Crippen LogP contribution < -0.4 is 10.1 Å². The molecule has 2 amide bonds. The van der Waals surface area contributed by atoms with Crippen molar-refractivity contribution in [2.24, 2.45) is 5.92 Å². The van der Waals surface area contributed by atoms with E-state index in [0.29, 0.717) is 12.8 Å². The highest BCUT2D eigenvalue weighted by Gasteiger charge is 2.53. The van der Waals surface area contributed by atoms with Gasteiger partial charge in [0.1, 0.15) is 17.9 Å². The van der Waals surface area contributed by atoms with E-state index in [9.17, 15) is 27.9 Å². The number of rotatable bonds is 7. The van der Waals surface area contributed by atoms with E-state index in [1.807, 2.05) is 0 Å². The van der Waals surface area contributed by atoms with Crippen molar-refractivity contribution in [3.8, 4) is 17.1 Å². The zero-order valence-electron chi connectivity index (χ0n) is 21.5. The van der Waals surface area contributed by atoms with Gasteiger partial charge in [-0.1, -0.05) is 0 Å². The molecule has 3 aliphatic rings. The van der Waals surface area contributed by atoms with Crippen molar-refractivity contribution in [2.75, 3.05) is 13.7 Å². The molecule has 13 heteroatoms. The zero-order chi connectivity index (χ0) is 27.9. The predicted octanol–water partition coefficient (Wildman–Crippen LogP) is 2.42. The normalized spacial score (nSPS) is 28.8. The molecule has 4 heterocycles. The number of methoxy groups -OCH3 is 1. The number of hydrogen-bond donors (Lipinski definition) is 4. The molecule has 0 spiro atoms. The third-order valence-corrected chi connectivity index (χ3v) is 8.50. The quantitative estimate of drug-likeness (QED) is 0.414. The van der Waals surface area contributed by atoms with Gasteiger partial charge >= 0.3 is 0 Å². The van der Waals surface area contributed by atoms with Gasteiger partial charge in [0.2, 0.25) is 11.8 Å². The first kappa shape index (κ1) is 27.4. The fourth-order valence-corrected chi connectivity index (χ4v) is 6.23. The van der Waals surface area contributed by atoms with Crippen molar-refractivity contribution in [1.29, 1.82) is 0 Å². The molecule has 212 valence electrons. The first-order valence-electron chi connectivity index (χ1n) is 13.1. The lowest BCUT2D eigenvalue weighted by Crippen LogP contribution is -2.55. The summed E-state index contributed by atoms with van der Waals surface area (Å²) in [6, 6.07) is 2.27. The smallest absolute Gasteiger partial charge is 0.298 e. The second kappa shape index (κ2) is 10.4. The number of amides is 2. The van der Waals surface area contributed by atoms with Crippen molar-refractivity contribution in [2.45, 2.75) is 81.0 Å². The van der Waals surface area contributed by atoms with Gasteiger partial charge in [0.05, 0.1) is 19.0 Å². The van der Waals surface area contributed by atoms with Crippen LogP contribution in [0.15, 0.2) is 18.3 Å². The maximum absolute atomic E-state index is 14.3. The molecule has 1 saturated carbocycles. The van der Waals surface area contributed by atoms with Crippen molar-refractivity contribution < 1.29 is 37.7 Å². The lowest BCUT2D eigenvalue weighted by Gasteiger charge is -2.41. The van der Waals surface area contributed by atoms with Crippen molar-refractivity contribution >= 4 is 11.8 Å². The van der Waals surface area contributed by atoms with Crippen molar-refractivity contribution in [3.63, 3.8) is 0 Å². The summed E-state index contributed by atoms with van der Waals surface area (Å²) in [5.41, 5.74) is -1.66. The molecule has 1 aliphatic carbocycles. The summed E-state index contributed by atoms with van der Waals surface area (Å²) in [5, 5.41) is 29.0. The van der Waals surface area contributed by atoms with E-state index in [1.165, 1.54) is 19.2 Å². The minimum Gasteiger partial charge on any atom is -0.481 e. The molecule has 4 N–H and O–H groups in total. The first-order valence-corrected chi connectivity index (χ1v) is 13.1. The minimum atomic E-state index is -3.59. The summed E-state index contributed by atoms with van der Waals surface area (Å²) in [6.07, 6.45) is 3.43. The van der Waals surface area contributed by atoms with Crippen LogP contribution in [0, 0.1) is 11.7 Å². The highest BCUT2D eigenvalue weighted by Crippen LogP contribution is 2.42. The van der Waals surface area contributed by atoms with Gasteiger partial charge in [-0.3, -0.25) is 14.7 Å². The Morgan fingerprint density at radius 3 is 2.49 bits per heavy atom. The molecule has 3 atom stereocenters. The summed E-state index contributed by atoms with van der Waals surface area (Å²) in [7, 11) is 1.41. The Labute approximate surface area is 222 Å². The van der Waals surface area contributed by atoms with Gasteiger partial charge in [-0.2, -0.15) is 5.10 Å². The third-order valence-electron chi connectivity index (χ3n) is 8.50. The number of hydrogen-bond acceptors (Lipinski definition) is 7. The van der Waals surface area contributed by atoms with Crippen LogP contribution in [0.2, 0.25) is 0 Å². The lowest BCUT2D eigenvalue weighted by molar-refractivity contribution is -0.214. The molecule has 10 nitrogen and oxygen atoms in total. The lowest BCUT2D eigenvalue weighted by atomic mass is 9.78. The maximum atomic E-state index is 14.3. The van der Waals surface area contributed by atoms with Crippen LogP contribution in [0.25, 0.3) is 11.3 Å². The molecule has 3 fully saturated rings. The van der Waals surface area contributed by atoms with E-state index < -0.39 is 23.9 Å². The molecular weight excluding hydrogens is 519 g/mol. The number of carbonyl (C=O) groups is 2. The Kier molecular flexibility index (Phi) is 7.31. The Balaban J connectivity index is 1.20. The summed E-state index contributed by atoms with van der Waals surface area (Å²) in [5.74, 6) is -4.73. The monoisotopic (exact) mass is 551 g/mol. The van der Waals surface area contributed by atoms with Crippen LogP contribution in [0.1, 0.15) is 61.9 Å². The van der Waals surface area contributed by atoms with Gasteiger partial charge in [-0.25, -0.2) is 18.2 Å². The number of piperidine rings is 1. The summed E-state index contributed by atoms with van der Waals surface area (Å²) >= 11 is 0. The molecule has 2 aromatic heterocycles. The average molecular weight is 552 g/mol. The Morgan fingerprint density at radius 1 is 1.21 bits per heavy atom. The third kappa shape index (κ3) is 5.09. The number of halogens is 3. The number of aromatic nitrogens is 3. The van der Waals surface area contributed by atoms with Crippen LogP contribution in [-0.2, 0) is 4.79 Å². The average Bonchev–Trinajstić information content (AvgIpc) is 3.52. The molecule has 5 rings (SSSR count). The molecule has 2 saturated heterocycles. The van der Waals surface area contributed by atoms with Gasteiger partial charge in [0, 0.05) is 35.7 Å². The number of fused-ring (bicyclic) bond motifs is 2. The fourth-order valence-electron chi connectivity index (χ4n) is 6.23. The topological polar surface area (TPSA) is 141 Å². The molecule has 0 aromatic carbocycles. The molecule has 2 aromatic rings. The number of carbonyl (C=O) groups excluding carboxylic acids is 2. The van der Waals surface area contributed by atoms with Gasteiger partial charge in [-0.15, -0.1) is 0 Å². The summed E-state index contributed by atoms with van der Waals surface area (Å²) < 4.78 is 47.2. The number of ether oxygens (including phenoxy) is 1. The minimum absolute atomic E-state index is 0.142. The zero-order valence-corrected chi connectivity index (χ0v) is 21.5. The number of aliphatic hydroxyl groups is 2. The van der Waals surface area contributed by atoms with E-state index in [1.54, 1.807) is 4.90 Å². The highest BCUT2D eigenvalue weighted by atomic mass is 19.3. The van der Waals surface area contributed by atoms with E-state index in [-0.39, 0.29) is 84.4 Å². The Bertz CT molecular complexity index is 1220. The van der Waals surface area contributed by atoms with Crippen molar-refractivity contribution in [3.05, 3.63) is 29.8 Å². The number of aliphatic hydroxyl groups excluding tert-OH is 1. The fraction of sp³-hybridized carbons (Fsp3) is 0.615. The summed E-state index contributed by atoms with van der Waals surface area (Å²) in [6.45, 7) is -1.42. The van der Waals surface area contributed by atoms with Crippen LogP contribution in [0.4, 0.5) is 13.2 Å². The number of nitrogens with one attached hydrogen (secondary N) is 2. The molecule has 2 aliphatic heterocycles. The first-order chi connectivity index (χ1) is 18.5. The largest absolute Gasteiger partial charge is 0.481 e. The van der Waals surface area contributed by atoms with Gasteiger partial charge in [0.15, 0.2) is 5.82 Å². The standard InChI is InChI=1S/C26H32F3N5O5/c1-39-22-10-18(19(27)12-30-22)20-11-21(33-32-20)24(37)34-16-2-3-17(34)9-14(8-16)23(36)31-15-4-6-25(38,7-5-15)26(28,29)13-35/h10-12,14-17,35,38H,2-9,13H2,1H3,(H,31,36)(H,32,33)/t14?,15?,16-,17+,25?. The van der Waals surface area contributed by atoms with Gasteiger partial charge < -0.3 is 25.2 Å². The summed E-state index contributed by atoms with van der Waals surface area (Å²) in [4.78, 5) is 32.0. The second-order valence-electron chi connectivity index (χ2n) is 10.8. The van der Waals surface area contributed by atoms with E-state index in [4.69, 9.17) is 9.84 Å². The number of H-pyrrole nitrogens is 1. The second-order valence-corrected chi connectivity index (χ2v) is 10.8. The number of aromatic amines is 1. The van der Waals surface area contributed by atoms with Crippen molar-refractivity contribution in [1.82, 2.24) is 25.4 Å². The van der Waals surface area contributed by atoms with Gasteiger partial charge in [-0.05, 0) is 57.4 Å². The molecule has 2 bridgehead atoms. The highest BCUT2D eigenvalue weighted by molar-refractivity contribution is 5.94. The SMILES string of the molecule is COc1cc(-c2cc(C(=O)N3[C@@H]4CC[C@H]3CC(C(=O)NC3CCC(O)(C(F)(F)CO)CC3)C4)[nH]n2)c(F)cn1. The molecule has 1 unspecified atom stereocenters. The van der Waals surface area contributed by atoms with Gasteiger partial charge in [0.25, 0.3) is 11.8 Å². The molecular formula is C26H32F3N5O5. The van der Waals surface area contributed by atoms with E-state index in [2.05, 4.69) is 20.5 Å². The van der Waals surface area contributed by atoms with Crippen LogP contribution in [-0.4, -0.2) is 85.5 Å².